The molecule has 0 fully saturated rings. The standard InChI is InChI=1S/C13H12BrNO4/c14-13-12(11(18)10(17)9(6-16)15-13)19-7-8-4-2-1-3-5-8/h1-5,9,15-16H,6-7H2. The van der Waals surface area contributed by atoms with Gasteiger partial charge in [0.25, 0.3) is 5.78 Å². The van der Waals surface area contributed by atoms with Crippen LogP contribution in [0, 0.1) is 0 Å². The molecule has 19 heavy (non-hydrogen) atoms. The van der Waals surface area contributed by atoms with Crippen LogP contribution in [-0.4, -0.2) is 29.3 Å². The summed E-state index contributed by atoms with van der Waals surface area (Å²) in [7, 11) is 0. The molecule has 1 atom stereocenters. The summed E-state index contributed by atoms with van der Waals surface area (Å²) in [6, 6.07) is 8.39. The lowest BCUT2D eigenvalue weighted by Gasteiger charge is -2.23. The molecular weight excluding hydrogens is 314 g/mol. The van der Waals surface area contributed by atoms with Gasteiger partial charge in [-0.1, -0.05) is 30.3 Å². The molecule has 1 unspecified atom stereocenters. The van der Waals surface area contributed by atoms with E-state index in [2.05, 4.69) is 21.2 Å². The Balaban J connectivity index is 2.11. The molecule has 0 spiro atoms. The summed E-state index contributed by atoms with van der Waals surface area (Å²) in [6.45, 7) is -0.249. The molecule has 1 aliphatic heterocycles. The lowest BCUT2D eigenvalue weighted by molar-refractivity contribution is -0.139. The molecule has 0 saturated carbocycles. The van der Waals surface area contributed by atoms with E-state index >= 15 is 0 Å². The van der Waals surface area contributed by atoms with Gasteiger partial charge in [0.1, 0.15) is 17.3 Å². The quantitative estimate of drug-likeness (QED) is 0.634. The number of hydrogen-bond donors (Lipinski definition) is 2. The summed E-state index contributed by atoms with van der Waals surface area (Å²) in [4.78, 5) is 23.4. The molecule has 1 aromatic rings. The van der Waals surface area contributed by atoms with Gasteiger partial charge >= 0.3 is 0 Å². The Hall–Kier alpha value is -1.66. The first-order chi connectivity index (χ1) is 9.13. The van der Waals surface area contributed by atoms with E-state index < -0.39 is 24.2 Å². The third-order valence-corrected chi connectivity index (χ3v) is 3.24. The van der Waals surface area contributed by atoms with Crippen LogP contribution in [-0.2, 0) is 20.9 Å². The number of ether oxygens (including phenoxy) is 1. The number of halogens is 1. The number of Topliss-reactive ketones (excluding diaryl/α,β-unsaturated/α-hetero) is 2. The van der Waals surface area contributed by atoms with Crippen molar-refractivity contribution < 1.29 is 19.4 Å². The van der Waals surface area contributed by atoms with Gasteiger partial charge in [0.2, 0.25) is 11.5 Å². The average Bonchev–Trinajstić information content (AvgIpc) is 2.44. The van der Waals surface area contributed by atoms with Crippen molar-refractivity contribution in [1.29, 1.82) is 0 Å². The van der Waals surface area contributed by atoms with Crippen molar-refractivity contribution in [2.45, 2.75) is 12.6 Å². The summed E-state index contributed by atoms with van der Waals surface area (Å²) in [5.74, 6) is -1.49. The number of carbonyl (C=O) groups is 2. The Bertz CT molecular complexity index is 527. The fourth-order valence-electron chi connectivity index (χ4n) is 1.64. The summed E-state index contributed by atoms with van der Waals surface area (Å²) < 4.78 is 5.66. The van der Waals surface area contributed by atoms with Crippen LogP contribution in [0.1, 0.15) is 5.56 Å². The predicted molar refractivity (Wildman–Crippen MR) is 71.2 cm³/mol. The fourth-order valence-corrected chi connectivity index (χ4v) is 2.21. The first-order valence-electron chi connectivity index (χ1n) is 5.66. The largest absolute Gasteiger partial charge is 0.482 e. The first-order valence-corrected chi connectivity index (χ1v) is 6.45. The zero-order valence-electron chi connectivity index (χ0n) is 9.93. The maximum Gasteiger partial charge on any atom is 0.268 e. The van der Waals surface area contributed by atoms with Crippen molar-refractivity contribution in [2.75, 3.05) is 6.61 Å². The highest BCUT2D eigenvalue weighted by atomic mass is 79.9. The van der Waals surface area contributed by atoms with Crippen LogP contribution >= 0.6 is 15.9 Å². The number of allylic oxidation sites excluding steroid dienone is 1. The third-order valence-electron chi connectivity index (χ3n) is 2.66. The normalized spacial score (nSPS) is 19.4. The number of nitrogens with one attached hydrogen (secondary N) is 1. The molecular formula is C13H12BrNO4. The van der Waals surface area contributed by atoms with E-state index in [0.29, 0.717) is 0 Å². The van der Waals surface area contributed by atoms with Crippen molar-refractivity contribution >= 4 is 27.5 Å². The average molecular weight is 326 g/mol. The van der Waals surface area contributed by atoms with Gasteiger partial charge in [-0.3, -0.25) is 9.59 Å². The molecule has 1 aliphatic rings. The highest BCUT2D eigenvalue weighted by Gasteiger charge is 2.35. The van der Waals surface area contributed by atoms with Crippen LogP contribution in [0.3, 0.4) is 0 Å². The van der Waals surface area contributed by atoms with Gasteiger partial charge < -0.3 is 15.2 Å². The molecule has 0 amide bonds. The van der Waals surface area contributed by atoms with Gasteiger partial charge in [0.15, 0.2) is 0 Å². The van der Waals surface area contributed by atoms with Gasteiger partial charge in [-0.05, 0) is 21.5 Å². The number of aliphatic hydroxyl groups excluding tert-OH is 1. The molecule has 6 heteroatoms. The summed E-state index contributed by atoms with van der Waals surface area (Å²) in [5.41, 5.74) is 0.889. The molecule has 100 valence electrons. The number of rotatable bonds is 4. The Kier molecular flexibility index (Phi) is 4.34. The Morgan fingerprint density at radius 2 is 1.95 bits per heavy atom. The number of hydrogen-bond acceptors (Lipinski definition) is 5. The number of benzene rings is 1. The van der Waals surface area contributed by atoms with Crippen molar-refractivity contribution in [1.82, 2.24) is 5.32 Å². The summed E-state index contributed by atoms with van der Waals surface area (Å²) >= 11 is 3.14. The molecule has 5 nitrogen and oxygen atoms in total. The van der Waals surface area contributed by atoms with E-state index in [1.165, 1.54) is 0 Å². The monoisotopic (exact) mass is 325 g/mol. The van der Waals surface area contributed by atoms with Gasteiger partial charge in [-0.2, -0.15) is 0 Å². The van der Waals surface area contributed by atoms with E-state index in [4.69, 9.17) is 9.84 Å². The molecule has 0 bridgehead atoms. The maximum atomic E-state index is 11.8. The van der Waals surface area contributed by atoms with Gasteiger partial charge in [0.05, 0.1) is 6.61 Å². The fraction of sp³-hybridized carbons (Fsp3) is 0.231. The van der Waals surface area contributed by atoms with E-state index in [1.807, 2.05) is 30.3 Å². The molecule has 0 radical (unpaired) electrons. The van der Waals surface area contributed by atoms with E-state index in [1.54, 1.807) is 0 Å². The second kappa shape index (κ2) is 5.99. The molecule has 2 N–H and O–H groups in total. The summed E-state index contributed by atoms with van der Waals surface area (Å²) in [6.07, 6.45) is 0. The lowest BCUT2D eigenvalue weighted by Crippen LogP contribution is -2.47. The minimum absolute atomic E-state index is 0.0569. The van der Waals surface area contributed by atoms with E-state index in [-0.39, 0.29) is 17.0 Å². The molecule has 0 saturated heterocycles. The molecule has 1 heterocycles. The molecule has 1 aromatic carbocycles. The first kappa shape index (κ1) is 13.8. The highest BCUT2D eigenvalue weighted by molar-refractivity contribution is 9.11. The predicted octanol–water partition coefficient (Wildman–Crippen LogP) is 0.869. The zero-order valence-corrected chi connectivity index (χ0v) is 11.5. The number of aliphatic hydroxyl groups is 1. The number of ketones is 2. The van der Waals surface area contributed by atoms with Crippen LogP contribution in [0.5, 0.6) is 0 Å². The van der Waals surface area contributed by atoms with E-state index in [9.17, 15) is 9.59 Å². The third kappa shape index (κ3) is 3.02. The topological polar surface area (TPSA) is 75.6 Å². The molecule has 0 aromatic heterocycles. The van der Waals surface area contributed by atoms with Gasteiger partial charge in [-0.15, -0.1) is 0 Å². The van der Waals surface area contributed by atoms with Crippen LogP contribution in [0.2, 0.25) is 0 Å². The van der Waals surface area contributed by atoms with Crippen LogP contribution in [0.15, 0.2) is 40.7 Å². The minimum Gasteiger partial charge on any atom is -0.482 e. The summed E-state index contributed by atoms with van der Waals surface area (Å²) in [5, 5.41) is 11.7. The SMILES string of the molecule is O=C1C(=O)C(CO)NC(Br)=C1OCc1ccccc1. The molecule has 0 aliphatic carbocycles. The van der Waals surface area contributed by atoms with Crippen LogP contribution in [0.4, 0.5) is 0 Å². The number of carbonyl (C=O) groups excluding carboxylic acids is 2. The zero-order chi connectivity index (χ0) is 13.8. The van der Waals surface area contributed by atoms with Crippen molar-refractivity contribution in [3.63, 3.8) is 0 Å². The molecule has 2 rings (SSSR count). The minimum atomic E-state index is -0.911. The van der Waals surface area contributed by atoms with Crippen molar-refractivity contribution in [2.24, 2.45) is 0 Å². The van der Waals surface area contributed by atoms with Crippen molar-refractivity contribution in [3.05, 3.63) is 46.3 Å². The lowest BCUT2D eigenvalue weighted by atomic mass is 10.1. The smallest absolute Gasteiger partial charge is 0.268 e. The Labute approximate surface area is 118 Å². The van der Waals surface area contributed by atoms with Crippen LogP contribution in [0.25, 0.3) is 0 Å². The van der Waals surface area contributed by atoms with Crippen molar-refractivity contribution in [3.8, 4) is 0 Å². The highest BCUT2D eigenvalue weighted by Crippen LogP contribution is 2.20. The van der Waals surface area contributed by atoms with Gasteiger partial charge in [0, 0.05) is 0 Å². The second-order valence-corrected chi connectivity index (χ2v) is 4.78. The maximum absolute atomic E-state index is 11.8. The van der Waals surface area contributed by atoms with Crippen LogP contribution < -0.4 is 5.32 Å². The van der Waals surface area contributed by atoms with E-state index in [0.717, 1.165) is 5.56 Å². The Morgan fingerprint density at radius 1 is 1.26 bits per heavy atom. The Morgan fingerprint density at radius 3 is 2.58 bits per heavy atom. The van der Waals surface area contributed by atoms with Gasteiger partial charge in [-0.25, -0.2) is 0 Å². The second-order valence-electron chi connectivity index (χ2n) is 3.99.